The molecule has 1 fully saturated rings. The third kappa shape index (κ3) is 3.85. The van der Waals surface area contributed by atoms with E-state index in [1.165, 1.54) is 12.1 Å². The number of nitrogens with zero attached hydrogens (tertiary/aromatic N) is 1. The molecule has 1 aromatic heterocycles. The van der Waals surface area contributed by atoms with Gasteiger partial charge >= 0.3 is 10.1 Å². The number of likely N-dealkylation sites (tertiary alicyclic amines) is 1. The smallest absolute Gasteiger partial charge is 0.348 e. The van der Waals surface area contributed by atoms with Crippen LogP contribution in [0.4, 0.5) is 0 Å². The van der Waals surface area contributed by atoms with Crippen molar-refractivity contribution < 1.29 is 17.4 Å². The van der Waals surface area contributed by atoms with Gasteiger partial charge in [-0.2, -0.15) is 8.42 Å². The highest BCUT2D eigenvalue weighted by Crippen LogP contribution is 2.26. The number of thiophene rings is 1. The summed E-state index contributed by atoms with van der Waals surface area (Å²) >= 11 is 1.10. The number of Topliss-reactive ketones (excluding diaryl/α,β-unsaturated/α-hetero) is 1. The van der Waals surface area contributed by atoms with E-state index in [1.807, 2.05) is 7.05 Å². The standard InChI is InChI=1S/C17H19NO4S2/c1-18-9-7-13(8-10-18)17(19)14-4-2-5-15(12-14)22-24(20,21)16-6-3-11-23-16/h2-6,11-13H,7-10H2,1H3. The number of benzene rings is 1. The maximum Gasteiger partial charge on any atom is 0.348 e. The van der Waals surface area contributed by atoms with E-state index in [-0.39, 0.29) is 21.7 Å². The largest absolute Gasteiger partial charge is 0.378 e. The van der Waals surface area contributed by atoms with Crippen molar-refractivity contribution in [3.8, 4) is 5.75 Å². The molecule has 0 spiro atoms. The maximum absolute atomic E-state index is 12.6. The van der Waals surface area contributed by atoms with Gasteiger partial charge in [-0.25, -0.2) is 0 Å². The van der Waals surface area contributed by atoms with Gasteiger partial charge in [0.25, 0.3) is 0 Å². The first kappa shape index (κ1) is 17.1. The van der Waals surface area contributed by atoms with Crippen LogP contribution in [0.3, 0.4) is 0 Å². The lowest BCUT2D eigenvalue weighted by Crippen LogP contribution is -2.33. The Hall–Kier alpha value is -1.70. The third-order valence-electron chi connectivity index (χ3n) is 4.16. The van der Waals surface area contributed by atoms with Crippen molar-refractivity contribution in [3.05, 3.63) is 47.3 Å². The van der Waals surface area contributed by atoms with Gasteiger partial charge in [0, 0.05) is 11.5 Å². The van der Waals surface area contributed by atoms with Crippen molar-refractivity contribution >= 4 is 27.2 Å². The first-order valence-corrected chi connectivity index (χ1v) is 10.1. The van der Waals surface area contributed by atoms with Gasteiger partial charge in [0.1, 0.15) is 5.75 Å². The van der Waals surface area contributed by atoms with Crippen LogP contribution in [-0.2, 0) is 10.1 Å². The van der Waals surface area contributed by atoms with Gasteiger partial charge in [0.05, 0.1) is 0 Å². The minimum absolute atomic E-state index is 0.00893. The Morgan fingerprint density at radius 1 is 1.21 bits per heavy atom. The van der Waals surface area contributed by atoms with Crippen molar-refractivity contribution in [1.29, 1.82) is 0 Å². The molecule has 0 radical (unpaired) electrons. The summed E-state index contributed by atoms with van der Waals surface area (Å²) in [4.78, 5) is 14.8. The van der Waals surface area contributed by atoms with Crippen LogP contribution >= 0.6 is 11.3 Å². The number of hydrogen-bond acceptors (Lipinski definition) is 6. The Kier molecular flexibility index (Phi) is 5.03. The van der Waals surface area contributed by atoms with E-state index >= 15 is 0 Å². The average Bonchev–Trinajstić information content (AvgIpc) is 3.10. The Morgan fingerprint density at radius 2 is 1.96 bits per heavy atom. The topological polar surface area (TPSA) is 63.7 Å². The number of hydrogen-bond donors (Lipinski definition) is 0. The second-order valence-electron chi connectivity index (χ2n) is 5.94. The van der Waals surface area contributed by atoms with Crippen molar-refractivity contribution in [2.75, 3.05) is 20.1 Å². The second kappa shape index (κ2) is 7.04. The highest BCUT2D eigenvalue weighted by molar-refractivity contribution is 7.89. The molecule has 7 heteroatoms. The van der Waals surface area contributed by atoms with Gasteiger partial charge in [0.2, 0.25) is 0 Å². The van der Waals surface area contributed by atoms with Crippen molar-refractivity contribution in [2.24, 2.45) is 5.92 Å². The number of carbonyl (C=O) groups excluding carboxylic acids is 1. The highest BCUT2D eigenvalue weighted by atomic mass is 32.3. The van der Waals surface area contributed by atoms with Crippen LogP contribution in [0.25, 0.3) is 0 Å². The molecule has 1 aliphatic rings. The molecular weight excluding hydrogens is 346 g/mol. The quantitative estimate of drug-likeness (QED) is 0.602. The first-order valence-electron chi connectivity index (χ1n) is 7.76. The van der Waals surface area contributed by atoms with Crippen LogP contribution in [0.1, 0.15) is 23.2 Å². The van der Waals surface area contributed by atoms with Crippen LogP contribution < -0.4 is 4.18 Å². The summed E-state index contributed by atoms with van der Waals surface area (Å²) < 4.78 is 29.7. The average molecular weight is 365 g/mol. The predicted octanol–water partition coefficient (Wildman–Crippen LogP) is 3.04. The first-order chi connectivity index (χ1) is 11.5. The molecular formula is C17H19NO4S2. The van der Waals surface area contributed by atoms with Crippen LogP contribution in [0.15, 0.2) is 46.0 Å². The molecule has 1 saturated heterocycles. The molecule has 1 aliphatic heterocycles. The van der Waals surface area contributed by atoms with E-state index in [0.717, 1.165) is 37.3 Å². The van der Waals surface area contributed by atoms with Crippen molar-refractivity contribution in [2.45, 2.75) is 17.1 Å². The lowest BCUT2D eigenvalue weighted by atomic mass is 9.89. The van der Waals surface area contributed by atoms with E-state index in [4.69, 9.17) is 4.18 Å². The van der Waals surface area contributed by atoms with Crippen molar-refractivity contribution in [3.63, 3.8) is 0 Å². The molecule has 2 heterocycles. The summed E-state index contributed by atoms with van der Waals surface area (Å²) in [6.07, 6.45) is 1.65. The van der Waals surface area contributed by atoms with E-state index in [0.29, 0.717) is 5.56 Å². The summed E-state index contributed by atoms with van der Waals surface area (Å²) in [7, 11) is -1.80. The van der Waals surface area contributed by atoms with E-state index < -0.39 is 10.1 Å². The fourth-order valence-electron chi connectivity index (χ4n) is 2.78. The van der Waals surface area contributed by atoms with Gasteiger partial charge in [0.15, 0.2) is 9.99 Å². The lowest BCUT2D eigenvalue weighted by molar-refractivity contribution is 0.0856. The minimum Gasteiger partial charge on any atom is -0.378 e. The number of rotatable bonds is 5. The van der Waals surface area contributed by atoms with Crippen molar-refractivity contribution in [1.82, 2.24) is 4.90 Å². The van der Waals surface area contributed by atoms with Gasteiger partial charge in [-0.1, -0.05) is 18.2 Å². The molecule has 0 atom stereocenters. The van der Waals surface area contributed by atoms with Crippen LogP contribution in [-0.4, -0.2) is 39.2 Å². The Morgan fingerprint density at radius 3 is 2.62 bits per heavy atom. The predicted molar refractivity (Wildman–Crippen MR) is 93.1 cm³/mol. The zero-order valence-electron chi connectivity index (χ0n) is 13.3. The summed E-state index contributed by atoms with van der Waals surface area (Å²) in [5.74, 6) is 0.217. The monoisotopic (exact) mass is 365 g/mol. The van der Waals surface area contributed by atoms with Crippen LogP contribution in [0.5, 0.6) is 5.75 Å². The van der Waals surface area contributed by atoms with Gasteiger partial charge in [-0.15, -0.1) is 11.3 Å². The molecule has 0 amide bonds. The molecule has 1 aromatic carbocycles. The highest BCUT2D eigenvalue weighted by Gasteiger charge is 2.25. The summed E-state index contributed by atoms with van der Waals surface area (Å²) in [6, 6.07) is 9.59. The van der Waals surface area contributed by atoms with Crippen LogP contribution in [0, 0.1) is 5.92 Å². The summed E-state index contributed by atoms with van der Waals surface area (Å²) in [6.45, 7) is 1.80. The Bertz CT molecular complexity index is 807. The molecule has 0 aliphatic carbocycles. The number of piperidine rings is 1. The molecule has 0 unspecified atom stereocenters. The third-order valence-corrected chi connectivity index (χ3v) is 6.76. The molecule has 0 bridgehead atoms. The molecule has 2 aromatic rings. The fraction of sp³-hybridized carbons (Fsp3) is 0.353. The number of carbonyl (C=O) groups is 1. The molecule has 3 rings (SSSR count). The van der Waals surface area contributed by atoms with Gasteiger partial charge in [-0.3, -0.25) is 4.79 Å². The Labute approximate surface area is 146 Å². The van der Waals surface area contributed by atoms with E-state index in [2.05, 4.69) is 4.90 Å². The van der Waals surface area contributed by atoms with Gasteiger partial charge < -0.3 is 9.08 Å². The maximum atomic E-state index is 12.6. The zero-order valence-corrected chi connectivity index (χ0v) is 15.0. The lowest BCUT2D eigenvalue weighted by Gasteiger charge is -2.28. The molecule has 128 valence electrons. The summed E-state index contributed by atoms with van der Waals surface area (Å²) in [5, 5.41) is 1.68. The minimum atomic E-state index is -3.84. The molecule has 0 N–H and O–H groups in total. The zero-order chi connectivity index (χ0) is 17.2. The fourth-order valence-corrected chi connectivity index (χ4v) is 4.65. The summed E-state index contributed by atoms with van der Waals surface area (Å²) in [5.41, 5.74) is 0.503. The second-order valence-corrected chi connectivity index (χ2v) is 8.66. The van der Waals surface area contributed by atoms with Crippen LogP contribution in [0.2, 0.25) is 0 Å². The SMILES string of the molecule is CN1CCC(C(=O)c2cccc(OS(=O)(=O)c3cccs3)c2)CC1. The normalized spacial score (nSPS) is 16.9. The number of ketones is 1. The molecule has 0 saturated carbocycles. The van der Waals surface area contributed by atoms with E-state index in [1.54, 1.807) is 29.6 Å². The van der Waals surface area contributed by atoms with Gasteiger partial charge in [-0.05, 0) is 56.6 Å². The Balaban J connectivity index is 1.76. The molecule has 24 heavy (non-hydrogen) atoms. The molecule has 5 nitrogen and oxygen atoms in total. The van der Waals surface area contributed by atoms with E-state index in [9.17, 15) is 13.2 Å².